The zero-order chi connectivity index (χ0) is 10.1. The van der Waals surface area contributed by atoms with E-state index < -0.39 is 0 Å². The summed E-state index contributed by atoms with van der Waals surface area (Å²) in [7, 11) is 0. The van der Waals surface area contributed by atoms with Gasteiger partial charge in [0.05, 0.1) is 5.56 Å². The van der Waals surface area contributed by atoms with Gasteiger partial charge in [-0.15, -0.1) is 0 Å². The minimum atomic E-state index is -0.350. The molecule has 2 aromatic rings. The Morgan fingerprint density at radius 1 is 1.29 bits per heavy atom. The lowest BCUT2D eigenvalue weighted by molar-refractivity contribution is 0.426. The highest BCUT2D eigenvalue weighted by atomic mass is 79.9. The van der Waals surface area contributed by atoms with Gasteiger partial charge in [-0.3, -0.25) is 0 Å². The van der Waals surface area contributed by atoms with Crippen molar-refractivity contribution in [3.63, 3.8) is 0 Å². The molecule has 1 heterocycles. The highest BCUT2D eigenvalue weighted by Crippen LogP contribution is 2.28. The Morgan fingerprint density at radius 3 is 2.71 bits per heavy atom. The molecule has 0 N–H and O–H groups in total. The maximum atomic E-state index is 12.9. The van der Waals surface area contributed by atoms with Crippen LogP contribution in [0.1, 0.15) is 0 Å². The second-order valence-electron chi connectivity index (χ2n) is 2.49. The van der Waals surface area contributed by atoms with Crippen LogP contribution in [0.15, 0.2) is 31.9 Å². The average molecular weight is 322 g/mol. The van der Waals surface area contributed by atoms with E-state index in [4.69, 9.17) is 4.52 Å². The fourth-order valence-electron chi connectivity index (χ4n) is 0.976. The summed E-state index contributed by atoms with van der Waals surface area (Å²) in [5.74, 6) is -0.0826. The monoisotopic (exact) mass is 320 g/mol. The van der Waals surface area contributed by atoms with E-state index in [-0.39, 0.29) is 11.7 Å². The maximum absolute atomic E-state index is 12.9. The zero-order valence-electron chi connectivity index (χ0n) is 6.67. The molecule has 0 radical (unpaired) electrons. The van der Waals surface area contributed by atoms with Crippen molar-refractivity contribution < 1.29 is 8.91 Å². The number of halogens is 3. The number of nitrogens with zero attached hydrogens (tertiary/aromatic N) is 2. The van der Waals surface area contributed by atoms with E-state index in [1.807, 2.05) is 0 Å². The van der Waals surface area contributed by atoms with Crippen LogP contribution in [-0.4, -0.2) is 10.1 Å². The van der Waals surface area contributed by atoms with Gasteiger partial charge < -0.3 is 4.52 Å². The van der Waals surface area contributed by atoms with Gasteiger partial charge >= 0.3 is 0 Å². The van der Waals surface area contributed by atoms with Crippen LogP contribution >= 0.6 is 31.9 Å². The number of hydrogen-bond donors (Lipinski definition) is 0. The van der Waals surface area contributed by atoms with Crippen LogP contribution in [0.4, 0.5) is 4.39 Å². The van der Waals surface area contributed by atoms with Crippen LogP contribution in [0, 0.1) is 5.82 Å². The normalized spacial score (nSPS) is 10.5. The quantitative estimate of drug-likeness (QED) is 0.808. The Labute approximate surface area is 95.6 Å². The largest absolute Gasteiger partial charge is 0.333 e. The molecule has 0 aliphatic carbocycles. The second kappa shape index (κ2) is 3.78. The summed E-state index contributed by atoms with van der Waals surface area (Å²) in [5.41, 5.74) is 0.531. The highest BCUT2D eigenvalue weighted by Gasteiger charge is 2.11. The van der Waals surface area contributed by atoms with Crippen molar-refractivity contribution in [2.24, 2.45) is 0 Å². The molecule has 0 saturated heterocycles. The maximum Gasteiger partial charge on any atom is 0.259 e. The third-order valence-electron chi connectivity index (χ3n) is 1.56. The Balaban J connectivity index is 2.55. The molecule has 0 spiro atoms. The molecule has 0 fully saturated rings. The van der Waals surface area contributed by atoms with Crippen LogP contribution in [0.25, 0.3) is 11.5 Å². The van der Waals surface area contributed by atoms with Crippen LogP contribution in [0.2, 0.25) is 0 Å². The predicted octanol–water partition coefficient (Wildman–Crippen LogP) is 3.40. The van der Waals surface area contributed by atoms with Crippen molar-refractivity contribution >= 4 is 31.9 Å². The summed E-state index contributed by atoms with van der Waals surface area (Å²) in [4.78, 5) is 3.93. The van der Waals surface area contributed by atoms with Crippen LogP contribution in [-0.2, 0) is 0 Å². The second-order valence-corrected chi connectivity index (χ2v) is 4.06. The molecule has 0 aliphatic heterocycles. The summed E-state index contributed by atoms with van der Waals surface area (Å²) in [6.07, 6.45) is 0. The van der Waals surface area contributed by atoms with Crippen molar-refractivity contribution in [1.82, 2.24) is 10.1 Å². The smallest absolute Gasteiger partial charge is 0.259 e. The molecule has 6 heteroatoms. The van der Waals surface area contributed by atoms with Gasteiger partial charge in [-0.25, -0.2) is 4.39 Å². The first kappa shape index (κ1) is 9.79. The van der Waals surface area contributed by atoms with Gasteiger partial charge in [0.2, 0.25) is 4.73 Å². The van der Waals surface area contributed by atoms with Crippen molar-refractivity contribution in [2.45, 2.75) is 0 Å². The summed E-state index contributed by atoms with van der Waals surface area (Å²) in [5, 5.41) is 3.55. The number of hydrogen-bond acceptors (Lipinski definition) is 3. The van der Waals surface area contributed by atoms with Crippen molar-refractivity contribution in [2.75, 3.05) is 0 Å². The molecule has 1 aromatic heterocycles. The van der Waals surface area contributed by atoms with Gasteiger partial charge in [0.15, 0.2) is 0 Å². The van der Waals surface area contributed by atoms with Gasteiger partial charge in [-0.1, -0.05) is 0 Å². The number of benzene rings is 1. The van der Waals surface area contributed by atoms with Crippen molar-refractivity contribution in [3.8, 4) is 11.5 Å². The highest BCUT2D eigenvalue weighted by molar-refractivity contribution is 9.10. The molecule has 72 valence electrons. The third-order valence-corrected chi connectivity index (χ3v) is 2.57. The number of rotatable bonds is 1. The molecule has 2 rings (SSSR count). The fourth-order valence-corrected chi connectivity index (χ4v) is 1.63. The van der Waals surface area contributed by atoms with E-state index in [1.165, 1.54) is 12.1 Å². The molecule has 1 aromatic carbocycles. The van der Waals surface area contributed by atoms with Crippen LogP contribution < -0.4 is 0 Å². The Kier molecular flexibility index (Phi) is 2.64. The van der Waals surface area contributed by atoms with E-state index >= 15 is 0 Å². The molecule has 0 bridgehead atoms. The predicted molar refractivity (Wildman–Crippen MR) is 55.1 cm³/mol. The Morgan fingerprint density at radius 2 is 2.07 bits per heavy atom. The van der Waals surface area contributed by atoms with Crippen molar-refractivity contribution in [3.05, 3.63) is 33.2 Å². The molecular formula is C8H3Br2FN2O. The molecule has 0 amide bonds. The van der Waals surface area contributed by atoms with E-state index in [0.29, 0.717) is 14.8 Å². The van der Waals surface area contributed by atoms with Gasteiger partial charge in [-0.05, 0) is 55.2 Å². The standard InChI is InChI=1S/C8H3Br2FN2O/c9-6-2-1-4(11)3-5(6)7-12-8(10)13-14-7/h1-3H. The van der Waals surface area contributed by atoms with Gasteiger partial charge in [0.25, 0.3) is 5.89 Å². The summed E-state index contributed by atoms with van der Waals surface area (Å²) in [6, 6.07) is 4.26. The molecule has 0 saturated carbocycles. The minimum absolute atomic E-state index is 0.267. The lowest BCUT2D eigenvalue weighted by Gasteiger charge is -1.97. The third kappa shape index (κ3) is 1.85. The lowest BCUT2D eigenvalue weighted by atomic mass is 10.2. The lowest BCUT2D eigenvalue weighted by Crippen LogP contribution is -1.82. The first-order chi connectivity index (χ1) is 6.66. The molecule has 14 heavy (non-hydrogen) atoms. The minimum Gasteiger partial charge on any atom is -0.333 e. The van der Waals surface area contributed by atoms with E-state index in [0.717, 1.165) is 0 Å². The van der Waals surface area contributed by atoms with Crippen LogP contribution in [0.5, 0.6) is 0 Å². The number of aromatic nitrogens is 2. The summed E-state index contributed by atoms with van der Waals surface area (Å²) in [6.45, 7) is 0. The topological polar surface area (TPSA) is 38.9 Å². The average Bonchev–Trinajstić information content (AvgIpc) is 2.56. The Bertz CT molecular complexity index is 472. The summed E-state index contributed by atoms with van der Waals surface area (Å²) < 4.78 is 18.8. The molecular weight excluding hydrogens is 319 g/mol. The van der Waals surface area contributed by atoms with E-state index in [1.54, 1.807) is 6.07 Å². The molecule has 3 nitrogen and oxygen atoms in total. The van der Waals surface area contributed by atoms with Gasteiger partial charge in [0.1, 0.15) is 5.82 Å². The first-order valence-corrected chi connectivity index (χ1v) is 5.20. The Hall–Kier alpha value is -0.750. The van der Waals surface area contributed by atoms with Crippen molar-refractivity contribution in [1.29, 1.82) is 0 Å². The molecule has 0 aliphatic rings. The van der Waals surface area contributed by atoms with Gasteiger partial charge in [-0.2, -0.15) is 4.98 Å². The summed E-state index contributed by atoms with van der Waals surface area (Å²) >= 11 is 6.31. The fraction of sp³-hybridized carbons (Fsp3) is 0. The van der Waals surface area contributed by atoms with E-state index in [9.17, 15) is 4.39 Å². The zero-order valence-corrected chi connectivity index (χ0v) is 9.84. The SMILES string of the molecule is Fc1ccc(Br)c(-c2nc(Br)no2)c1. The van der Waals surface area contributed by atoms with Crippen LogP contribution in [0.3, 0.4) is 0 Å². The first-order valence-electron chi connectivity index (χ1n) is 3.61. The molecule has 0 atom stereocenters. The van der Waals surface area contributed by atoms with E-state index in [2.05, 4.69) is 42.0 Å². The van der Waals surface area contributed by atoms with Gasteiger partial charge in [0, 0.05) is 4.47 Å². The molecule has 0 unspecified atom stereocenters.